The van der Waals surface area contributed by atoms with Gasteiger partial charge in [0.2, 0.25) is 0 Å². The Morgan fingerprint density at radius 3 is 2.69 bits per heavy atom. The quantitative estimate of drug-likeness (QED) is 0.486. The zero-order valence-electron chi connectivity index (χ0n) is 19.4. The van der Waals surface area contributed by atoms with E-state index in [1.54, 1.807) is 6.33 Å². The van der Waals surface area contributed by atoms with Gasteiger partial charge in [-0.15, -0.1) is 0 Å². The zero-order chi connectivity index (χ0) is 22.4. The molecule has 2 N–H and O–H groups in total. The SMILES string of the molecule is CCC(C)N[C@H]1CC[C@@H](n2c(=O)[nH]c3cc(-c4cc(C)c5ncnn5c4)c(C)cc32)CC1. The smallest absolute Gasteiger partial charge is 0.312 e. The Hall–Kier alpha value is -2.93. The summed E-state index contributed by atoms with van der Waals surface area (Å²) in [7, 11) is 0. The molecule has 1 atom stereocenters. The van der Waals surface area contributed by atoms with Gasteiger partial charge in [0.15, 0.2) is 5.65 Å². The summed E-state index contributed by atoms with van der Waals surface area (Å²) in [6.07, 6.45) is 9.02. The van der Waals surface area contributed by atoms with Crippen molar-refractivity contribution < 1.29 is 0 Å². The molecule has 0 saturated heterocycles. The number of fused-ring (bicyclic) bond motifs is 2. The summed E-state index contributed by atoms with van der Waals surface area (Å²) in [5.41, 5.74) is 7.17. The van der Waals surface area contributed by atoms with E-state index in [1.807, 2.05) is 22.2 Å². The van der Waals surface area contributed by atoms with E-state index < -0.39 is 0 Å². The van der Waals surface area contributed by atoms with Crippen LogP contribution in [0.15, 0.2) is 35.5 Å². The molecular formula is C25H32N6O. The molecule has 1 aromatic carbocycles. The molecule has 7 nitrogen and oxygen atoms in total. The fourth-order valence-electron chi connectivity index (χ4n) is 5.21. The standard InChI is InChI=1S/C25H32N6O/c1-5-17(4)28-19-6-8-20(9-7-19)31-23-11-15(2)21(12-22(23)29-25(31)32)18-10-16(3)24-26-14-27-30(24)13-18/h10-14,17,19-20,28H,5-9H2,1-4H3,(H,29,32)/t17?,19-,20+. The molecule has 0 aliphatic heterocycles. The molecular weight excluding hydrogens is 400 g/mol. The van der Waals surface area contributed by atoms with Crippen molar-refractivity contribution in [1.29, 1.82) is 0 Å². The molecule has 0 bridgehead atoms. The third-order valence-electron chi connectivity index (χ3n) is 7.13. The van der Waals surface area contributed by atoms with E-state index in [0.717, 1.165) is 71.0 Å². The number of hydrogen-bond acceptors (Lipinski definition) is 4. The van der Waals surface area contributed by atoms with Crippen molar-refractivity contribution in [2.75, 3.05) is 0 Å². The third kappa shape index (κ3) is 3.64. The monoisotopic (exact) mass is 432 g/mol. The van der Waals surface area contributed by atoms with Crippen molar-refractivity contribution in [2.45, 2.75) is 77.9 Å². The number of aromatic nitrogens is 5. The van der Waals surface area contributed by atoms with E-state index in [9.17, 15) is 4.79 Å². The van der Waals surface area contributed by atoms with E-state index in [0.29, 0.717) is 12.1 Å². The molecule has 0 radical (unpaired) electrons. The van der Waals surface area contributed by atoms with Crippen LogP contribution in [0.4, 0.5) is 0 Å². The van der Waals surface area contributed by atoms with Gasteiger partial charge in [-0.2, -0.15) is 5.10 Å². The van der Waals surface area contributed by atoms with Crippen molar-refractivity contribution in [3.63, 3.8) is 0 Å². The van der Waals surface area contributed by atoms with Crippen molar-refractivity contribution in [1.82, 2.24) is 29.5 Å². The molecule has 0 amide bonds. The number of imidazole rings is 1. The molecule has 1 aliphatic carbocycles. The van der Waals surface area contributed by atoms with Gasteiger partial charge in [-0.25, -0.2) is 14.3 Å². The van der Waals surface area contributed by atoms with Crippen molar-refractivity contribution in [3.05, 3.63) is 52.3 Å². The zero-order valence-corrected chi connectivity index (χ0v) is 19.4. The third-order valence-corrected chi connectivity index (χ3v) is 7.13. The second-order valence-electron chi connectivity index (χ2n) is 9.41. The maximum absolute atomic E-state index is 13.0. The van der Waals surface area contributed by atoms with E-state index in [1.165, 1.54) is 0 Å². The number of hydrogen-bond donors (Lipinski definition) is 2. The Morgan fingerprint density at radius 2 is 1.94 bits per heavy atom. The molecule has 7 heteroatoms. The normalized spacial score (nSPS) is 20.2. The van der Waals surface area contributed by atoms with Crippen LogP contribution in [0.1, 0.15) is 63.1 Å². The predicted molar refractivity (Wildman–Crippen MR) is 128 cm³/mol. The molecule has 0 spiro atoms. The van der Waals surface area contributed by atoms with Crippen LogP contribution in [0.25, 0.3) is 27.8 Å². The van der Waals surface area contributed by atoms with Crippen LogP contribution in [0.5, 0.6) is 0 Å². The topological polar surface area (TPSA) is 80.0 Å². The second-order valence-corrected chi connectivity index (χ2v) is 9.41. The van der Waals surface area contributed by atoms with E-state index in [2.05, 4.69) is 59.4 Å². The molecule has 5 rings (SSSR count). The van der Waals surface area contributed by atoms with Crippen LogP contribution in [0, 0.1) is 13.8 Å². The van der Waals surface area contributed by atoms with Gasteiger partial charge >= 0.3 is 5.69 Å². The average molecular weight is 433 g/mol. The summed E-state index contributed by atoms with van der Waals surface area (Å²) < 4.78 is 3.81. The number of H-pyrrole nitrogens is 1. The molecule has 32 heavy (non-hydrogen) atoms. The summed E-state index contributed by atoms with van der Waals surface area (Å²) in [6.45, 7) is 8.63. The first-order valence-corrected chi connectivity index (χ1v) is 11.8. The predicted octanol–water partition coefficient (Wildman–Crippen LogP) is 4.53. The Bertz CT molecular complexity index is 1320. The number of aryl methyl sites for hydroxylation is 2. The first kappa shape index (κ1) is 20.9. The highest BCUT2D eigenvalue weighted by Gasteiger charge is 2.26. The summed E-state index contributed by atoms with van der Waals surface area (Å²) in [6, 6.07) is 7.77. The molecule has 1 fully saturated rings. The van der Waals surface area contributed by atoms with E-state index in [-0.39, 0.29) is 11.7 Å². The Balaban J connectivity index is 1.47. The summed E-state index contributed by atoms with van der Waals surface area (Å²) in [5.74, 6) is 0. The average Bonchev–Trinajstić information content (AvgIpc) is 3.37. The molecule has 3 aromatic heterocycles. The molecule has 4 aromatic rings. The molecule has 3 heterocycles. The maximum Gasteiger partial charge on any atom is 0.326 e. The Kier molecular flexibility index (Phi) is 5.37. The number of aromatic amines is 1. The highest BCUT2D eigenvalue weighted by molar-refractivity contribution is 5.84. The number of nitrogens with zero attached hydrogens (tertiary/aromatic N) is 4. The van der Waals surface area contributed by atoms with Gasteiger partial charge in [0.05, 0.1) is 11.0 Å². The summed E-state index contributed by atoms with van der Waals surface area (Å²) in [4.78, 5) is 20.4. The lowest BCUT2D eigenvalue weighted by atomic mass is 9.90. The lowest BCUT2D eigenvalue weighted by Crippen LogP contribution is -2.39. The van der Waals surface area contributed by atoms with Crippen LogP contribution >= 0.6 is 0 Å². The van der Waals surface area contributed by atoms with Crippen molar-refractivity contribution in [2.24, 2.45) is 0 Å². The molecule has 1 saturated carbocycles. The molecule has 1 aliphatic rings. The lowest BCUT2D eigenvalue weighted by molar-refractivity contribution is 0.275. The van der Waals surface area contributed by atoms with Crippen molar-refractivity contribution in [3.8, 4) is 11.1 Å². The Morgan fingerprint density at radius 1 is 1.16 bits per heavy atom. The van der Waals surface area contributed by atoms with Crippen LogP contribution in [-0.2, 0) is 0 Å². The van der Waals surface area contributed by atoms with E-state index in [4.69, 9.17) is 0 Å². The van der Waals surface area contributed by atoms with Gasteiger partial charge in [0.1, 0.15) is 6.33 Å². The minimum Gasteiger partial charge on any atom is -0.312 e. The fraction of sp³-hybridized carbons (Fsp3) is 0.480. The first-order valence-electron chi connectivity index (χ1n) is 11.8. The van der Waals surface area contributed by atoms with Gasteiger partial charge in [-0.05, 0) is 87.8 Å². The molecule has 168 valence electrons. The van der Waals surface area contributed by atoms with Gasteiger partial charge in [0, 0.05) is 29.9 Å². The maximum atomic E-state index is 13.0. The minimum atomic E-state index is -0.00204. The number of benzene rings is 1. The lowest BCUT2D eigenvalue weighted by Gasteiger charge is -2.31. The van der Waals surface area contributed by atoms with E-state index >= 15 is 0 Å². The number of pyridine rings is 1. The van der Waals surface area contributed by atoms with Crippen LogP contribution in [0.3, 0.4) is 0 Å². The summed E-state index contributed by atoms with van der Waals surface area (Å²) in [5, 5.41) is 8.03. The largest absolute Gasteiger partial charge is 0.326 e. The minimum absolute atomic E-state index is 0.00204. The highest BCUT2D eigenvalue weighted by Crippen LogP contribution is 2.33. The van der Waals surface area contributed by atoms with Crippen LogP contribution in [0.2, 0.25) is 0 Å². The number of nitrogens with one attached hydrogen (secondary N) is 2. The fourth-order valence-corrected chi connectivity index (χ4v) is 5.21. The van der Waals surface area contributed by atoms with Gasteiger partial charge in [-0.1, -0.05) is 6.92 Å². The molecule has 1 unspecified atom stereocenters. The van der Waals surface area contributed by atoms with Crippen LogP contribution < -0.4 is 11.0 Å². The first-order chi connectivity index (χ1) is 15.4. The van der Waals surface area contributed by atoms with Crippen LogP contribution in [-0.4, -0.2) is 36.2 Å². The Labute approximate surface area is 187 Å². The summed E-state index contributed by atoms with van der Waals surface area (Å²) >= 11 is 0. The van der Waals surface area contributed by atoms with Gasteiger partial charge in [0.25, 0.3) is 0 Å². The van der Waals surface area contributed by atoms with Gasteiger partial charge < -0.3 is 10.3 Å². The second kappa shape index (κ2) is 8.20. The highest BCUT2D eigenvalue weighted by atomic mass is 16.1. The van der Waals surface area contributed by atoms with Crippen molar-refractivity contribution >= 4 is 16.7 Å². The van der Waals surface area contributed by atoms with Gasteiger partial charge in [-0.3, -0.25) is 4.57 Å². The number of rotatable bonds is 5.